The van der Waals surface area contributed by atoms with Gasteiger partial charge in [-0.25, -0.2) is 19.9 Å². The Hall–Kier alpha value is -7.16. The van der Waals surface area contributed by atoms with Crippen molar-refractivity contribution in [2.75, 3.05) is 118 Å². The second-order valence-electron chi connectivity index (χ2n) is 36.9. The summed E-state index contributed by atoms with van der Waals surface area (Å²) < 4.78 is 117. The van der Waals surface area contributed by atoms with Gasteiger partial charge in [0.25, 0.3) is 23.7 Å². The molecule has 0 bridgehead atoms. The third-order valence-corrected chi connectivity index (χ3v) is 29.2. The van der Waals surface area contributed by atoms with E-state index in [2.05, 4.69) is 75.0 Å². The fourth-order valence-electron chi connectivity index (χ4n) is 22.3. The maximum absolute atomic E-state index is 14.7. The van der Waals surface area contributed by atoms with Crippen molar-refractivity contribution in [3.63, 3.8) is 0 Å². The average molecular weight is 1560 g/mol. The molecule has 5 unspecified atom stereocenters. The quantitative estimate of drug-likeness (QED) is 0.0904. The molecule has 12 fully saturated rings. The van der Waals surface area contributed by atoms with Crippen molar-refractivity contribution in [1.29, 1.82) is 0 Å². The van der Waals surface area contributed by atoms with Gasteiger partial charge in [0.2, 0.25) is 23.8 Å². The lowest BCUT2D eigenvalue weighted by Gasteiger charge is -2.37. The fraction of sp³-hybridized carbons (Fsp3) is 0.762. The molecule has 0 radical (unpaired) electrons. The van der Waals surface area contributed by atoms with Crippen molar-refractivity contribution in [2.24, 2.45) is 71.0 Å². The van der Waals surface area contributed by atoms with Gasteiger partial charge >= 0.3 is 0 Å². The number of anilines is 8. The van der Waals surface area contributed by atoms with Gasteiger partial charge in [-0.2, -0.15) is 55.1 Å². The van der Waals surface area contributed by atoms with Gasteiger partial charge < -0.3 is 58.4 Å². The fourth-order valence-corrected chi connectivity index (χ4v) is 22.3. The lowest BCUT2D eigenvalue weighted by atomic mass is 9.91. The molecule has 0 spiro atoms. The van der Waals surface area contributed by atoms with E-state index in [9.17, 15) is 54.3 Å². The number of alkyl halides is 8. The van der Waals surface area contributed by atoms with E-state index >= 15 is 0 Å². The number of ketones is 4. The first-order valence-corrected chi connectivity index (χ1v) is 42.6. The number of carbonyl (C=O) groups is 4. The molecule has 608 valence electrons. The van der Waals surface area contributed by atoms with Crippen LogP contribution in [0.1, 0.15) is 228 Å². The van der Waals surface area contributed by atoms with Crippen molar-refractivity contribution >= 4 is 70.2 Å². The Morgan fingerprint density at radius 3 is 0.902 bits per heavy atom. The Morgan fingerprint density at radius 1 is 0.348 bits per heavy atom. The number of nitrogens with zero attached hydrogens (tertiary/aromatic N) is 16. The molecule has 4 aromatic heterocycles. The topological polar surface area (TPSA) is 197 Å². The highest BCUT2D eigenvalue weighted by molar-refractivity contribution is 5.78. The van der Waals surface area contributed by atoms with Gasteiger partial charge in [-0.15, -0.1) is 0 Å². The minimum absolute atomic E-state index is 0.0499. The third-order valence-electron chi connectivity index (χ3n) is 29.2. The minimum atomic E-state index is -2.87. The normalized spacial score (nSPS) is 32.4. The lowest BCUT2D eigenvalue weighted by molar-refractivity contribution is -0.118. The number of Topliss-reactive ketones (excluding diaryl/α,β-unsaturated/α-hetero) is 4. The number of hydrogen-bond donors (Lipinski definition) is 0. The number of piperidine rings is 7. The van der Waals surface area contributed by atoms with Crippen LogP contribution in [0.25, 0.3) is 0 Å². The summed E-state index contributed by atoms with van der Waals surface area (Å²) in [5.74, 6) is 0.267. The molecular formula is C84H112F8N16O4. The molecule has 112 heavy (non-hydrogen) atoms. The Labute approximate surface area is 652 Å². The van der Waals surface area contributed by atoms with Gasteiger partial charge in [-0.3, -0.25) is 0 Å². The van der Waals surface area contributed by atoms with Crippen LogP contribution in [0.4, 0.5) is 82.2 Å². The third kappa shape index (κ3) is 14.8. The average Bonchev–Trinajstić information content (AvgIpc) is 1.56. The predicted octanol–water partition coefficient (Wildman–Crippen LogP) is 14.2. The molecule has 16 aliphatic rings. The molecule has 0 amide bonds. The number of fused-ring (bicyclic) bond motifs is 8. The van der Waals surface area contributed by atoms with E-state index in [0.29, 0.717) is 181 Å². The molecule has 20 nitrogen and oxygen atoms in total. The highest BCUT2D eigenvalue weighted by Crippen LogP contribution is 2.60. The molecule has 5 saturated carbocycles. The van der Waals surface area contributed by atoms with E-state index < -0.39 is 23.7 Å². The van der Waals surface area contributed by atoms with Gasteiger partial charge in [0.15, 0.2) is 0 Å². The Balaban J connectivity index is 0.000000108. The van der Waals surface area contributed by atoms with Crippen LogP contribution in [0.3, 0.4) is 0 Å². The van der Waals surface area contributed by atoms with E-state index in [4.69, 9.17) is 19.9 Å². The lowest BCUT2D eigenvalue weighted by Crippen LogP contribution is -2.39. The van der Waals surface area contributed by atoms with Crippen LogP contribution in [-0.2, 0) is 68.6 Å². The number of hydrogen-bond acceptors (Lipinski definition) is 20. The van der Waals surface area contributed by atoms with Crippen molar-refractivity contribution in [3.05, 3.63) is 45.0 Å². The SMILES string of the molecule is CC(=O)CC1[C@H]2CN(c3nc(N(C)C4CCC4)nc4c3CCCC4(F)F)C[C@@H]12.CC(=O)CC1[C@H]2CN(c3nc(N4CCCCC4C)nc4c3CCC4(F)F)C[C@@H]12.CC(=O)CC1[C@H]2CN(c3nc(N4CCCC[C@@H]4C)nc4c3CCC4(F)F)C[C@@H]12.CC(=O)CC1[C@H]2CN(c3nc(N4CCCC[C@H]4C)nc4c3CCC4(F)F)C[C@@H]12. The van der Waals surface area contributed by atoms with Crippen LogP contribution < -0.4 is 39.2 Å². The summed E-state index contributed by atoms with van der Waals surface area (Å²) in [6.45, 7) is 22.1. The minimum Gasteiger partial charge on any atom is -0.356 e. The zero-order chi connectivity index (χ0) is 78.5. The van der Waals surface area contributed by atoms with Gasteiger partial charge in [0.1, 0.15) is 69.2 Å². The molecule has 20 rings (SSSR count). The Bertz CT molecular complexity index is 3950. The molecule has 7 aliphatic heterocycles. The van der Waals surface area contributed by atoms with Crippen LogP contribution >= 0.6 is 0 Å². The molecule has 7 saturated heterocycles. The molecule has 11 heterocycles. The first-order valence-electron chi connectivity index (χ1n) is 42.6. The molecule has 0 aromatic carbocycles. The Kier molecular flexibility index (Phi) is 20.4. The monoisotopic (exact) mass is 1560 g/mol. The van der Waals surface area contributed by atoms with Crippen molar-refractivity contribution in [2.45, 2.75) is 257 Å². The van der Waals surface area contributed by atoms with Crippen molar-refractivity contribution in [3.8, 4) is 0 Å². The maximum atomic E-state index is 14.7. The second-order valence-corrected chi connectivity index (χ2v) is 36.9. The van der Waals surface area contributed by atoms with E-state index in [1.807, 2.05) is 11.9 Å². The molecule has 0 N–H and O–H groups in total. The molecule has 9 aliphatic carbocycles. The van der Waals surface area contributed by atoms with Crippen LogP contribution in [-0.4, -0.2) is 166 Å². The largest absolute Gasteiger partial charge is 0.356 e. The number of carbonyl (C=O) groups excluding carboxylic acids is 4. The zero-order valence-corrected chi connectivity index (χ0v) is 66.5. The van der Waals surface area contributed by atoms with Crippen LogP contribution in [0.15, 0.2) is 0 Å². The van der Waals surface area contributed by atoms with Crippen LogP contribution in [0, 0.1) is 71.0 Å². The molecule has 28 heteroatoms. The predicted molar refractivity (Wildman–Crippen MR) is 412 cm³/mol. The summed E-state index contributed by atoms with van der Waals surface area (Å²) in [5.41, 5.74) is 2.37. The van der Waals surface area contributed by atoms with E-state index in [1.165, 1.54) is 25.7 Å². The standard InChI is InChI=1S/4C21H28F2N4O/c1-12(28)9-15-16-10-27(11-17(15)16)19-14-7-4-8-21(22,23)18(14)24-20(25-19)26(2)13-5-3-6-13;3*1-12-5-3-4-8-27(12)20-24-18-14(6-7-21(18,22)23)19(25-20)26-10-16-15(9-13(2)28)17(16)11-26/h13,15-17H,3-11H2,1-2H3;3*12,15-17H,3-11H2,1-2H3/t15?,16-,17+;12?,15?,16-,17+;2*12-,15?,16-,17+/m..10/s1. The molecular weight excluding hydrogens is 1450 g/mol. The summed E-state index contributed by atoms with van der Waals surface area (Å²) in [6, 6.07) is 1.19. The smallest absolute Gasteiger partial charge is 0.290 e. The first kappa shape index (κ1) is 77.4. The zero-order valence-electron chi connectivity index (χ0n) is 66.5. The van der Waals surface area contributed by atoms with Crippen molar-refractivity contribution < 1.29 is 54.3 Å². The number of halogens is 8. The van der Waals surface area contributed by atoms with E-state index in [-0.39, 0.29) is 89.7 Å². The molecule has 4 aromatic rings. The van der Waals surface area contributed by atoms with Crippen LogP contribution in [0.2, 0.25) is 0 Å². The first-order chi connectivity index (χ1) is 53.4. The maximum Gasteiger partial charge on any atom is 0.290 e. The highest BCUT2D eigenvalue weighted by atomic mass is 19.3. The number of aromatic nitrogens is 8. The molecule has 15 atom stereocenters. The van der Waals surface area contributed by atoms with Gasteiger partial charge in [0, 0.05) is 177 Å². The Morgan fingerprint density at radius 2 is 0.625 bits per heavy atom. The highest BCUT2D eigenvalue weighted by Gasteiger charge is 2.61. The van der Waals surface area contributed by atoms with Crippen molar-refractivity contribution in [1.82, 2.24) is 39.9 Å². The van der Waals surface area contributed by atoms with Gasteiger partial charge in [0.05, 0.1) is 0 Å². The van der Waals surface area contributed by atoms with Gasteiger partial charge in [-0.05, 0) is 229 Å². The van der Waals surface area contributed by atoms with E-state index in [1.54, 1.807) is 27.7 Å². The van der Waals surface area contributed by atoms with E-state index in [0.717, 1.165) is 147 Å². The second kappa shape index (κ2) is 29.5. The summed E-state index contributed by atoms with van der Waals surface area (Å²) in [4.78, 5) is 99.7. The van der Waals surface area contributed by atoms with Crippen LogP contribution in [0.5, 0.6) is 0 Å². The summed E-state index contributed by atoms with van der Waals surface area (Å²) >= 11 is 0. The van der Waals surface area contributed by atoms with Gasteiger partial charge in [-0.1, -0.05) is 0 Å². The number of rotatable bonds is 17. The summed E-state index contributed by atoms with van der Waals surface area (Å²) in [6.07, 6.45) is 17.2. The summed E-state index contributed by atoms with van der Waals surface area (Å²) in [5, 5.41) is 0. The summed E-state index contributed by atoms with van der Waals surface area (Å²) in [7, 11) is 1.93.